The van der Waals surface area contributed by atoms with E-state index >= 15 is 0 Å². The number of ether oxygens (including phenoxy) is 1. The molecular formula is C28H31F2N5O5. The Hall–Kier alpha value is -4.22. The quantitative estimate of drug-likeness (QED) is 0.549. The number of carbonyl (C=O) groups is 4. The first-order valence-electron chi connectivity index (χ1n) is 13.1. The molecule has 1 unspecified atom stereocenters. The molecule has 0 bridgehead atoms. The molecule has 2 aromatic carbocycles. The number of benzene rings is 2. The number of rotatable bonds is 5. The summed E-state index contributed by atoms with van der Waals surface area (Å²) in [5, 5.41) is 4.85. The number of alkyl carbamates (subject to hydrolysis) is 1. The maximum atomic E-state index is 14.8. The third-order valence-corrected chi connectivity index (χ3v) is 7.61. The molecule has 3 aliphatic heterocycles. The summed E-state index contributed by atoms with van der Waals surface area (Å²) in [5.41, 5.74) is 2.87. The van der Waals surface area contributed by atoms with Crippen LogP contribution in [0.25, 0.3) is 0 Å². The zero-order chi connectivity index (χ0) is 28.7. The topological polar surface area (TPSA) is 111 Å². The Morgan fingerprint density at radius 2 is 1.73 bits per heavy atom. The van der Waals surface area contributed by atoms with Gasteiger partial charge >= 0.3 is 12.1 Å². The fraction of sp³-hybridized carbons (Fsp3) is 0.429. The van der Waals surface area contributed by atoms with E-state index in [1.807, 2.05) is 32.0 Å². The van der Waals surface area contributed by atoms with Gasteiger partial charge in [0, 0.05) is 43.5 Å². The molecule has 0 saturated carbocycles. The molecule has 0 radical (unpaired) electrons. The SMILES string of the molecule is Cc1ccc(N(C)C(=O)N2CC(OC(=O)NC3CN(c4cc(F)c(C5CCC(=O)NC5=O)c(F)c4)C3)C2)c(C)c1. The normalized spacial score (nSPS) is 19.5. The molecule has 0 spiro atoms. The van der Waals surface area contributed by atoms with Crippen molar-refractivity contribution in [3.63, 3.8) is 0 Å². The van der Waals surface area contributed by atoms with Crippen LogP contribution in [-0.2, 0) is 14.3 Å². The van der Waals surface area contributed by atoms with Crippen molar-refractivity contribution in [1.82, 2.24) is 15.5 Å². The number of hydrogen-bond donors (Lipinski definition) is 2. The average Bonchev–Trinajstić information content (AvgIpc) is 2.83. The molecule has 5 rings (SSSR count). The molecule has 212 valence electrons. The Kier molecular flexibility index (Phi) is 7.35. The summed E-state index contributed by atoms with van der Waals surface area (Å²) >= 11 is 0. The van der Waals surface area contributed by atoms with Crippen LogP contribution < -0.4 is 20.4 Å². The van der Waals surface area contributed by atoms with Gasteiger partial charge in [0.15, 0.2) is 0 Å². The first kappa shape index (κ1) is 27.4. The summed E-state index contributed by atoms with van der Waals surface area (Å²) in [6.07, 6.45) is -0.969. The summed E-state index contributed by atoms with van der Waals surface area (Å²) in [6, 6.07) is 7.73. The molecule has 3 saturated heterocycles. The summed E-state index contributed by atoms with van der Waals surface area (Å²) in [5.74, 6) is -3.93. The van der Waals surface area contributed by atoms with E-state index in [1.54, 1.807) is 21.7 Å². The molecule has 0 aliphatic carbocycles. The van der Waals surface area contributed by atoms with Gasteiger partial charge in [-0.2, -0.15) is 0 Å². The molecule has 2 N–H and O–H groups in total. The third kappa shape index (κ3) is 5.43. The first-order chi connectivity index (χ1) is 19.0. The maximum absolute atomic E-state index is 14.8. The molecular weight excluding hydrogens is 524 g/mol. The summed E-state index contributed by atoms with van der Waals surface area (Å²) in [7, 11) is 1.71. The van der Waals surface area contributed by atoms with Crippen molar-refractivity contribution in [1.29, 1.82) is 0 Å². The van der Waals surface area contributed by atoms with Gasteiger partial charge in [-0.1, -0.05) is 17.7 Å². The van der Waals surface area contributed by atoms with Crippen LogP contribution in [-0.4, -0.2) is 74.2 Å². The Balaban J connectivity index is 1.07. The third-order valence-electron chi connectivity index (χ3n) is 7.61. The number of nitrogens with one attached hydrogen (secondary N) is 2. The van der Waals surface area contributed by atoms with E-state index in [0.29, 0.717) is 18.8 Å². The van der Waals surface area contributed by atoms with Crippen molar-refractivity contribution in [2.45, 2.75) is 44.8 Å². The predicted octanol–water partition coefficient (Wildman–Crippen LogP) is 2.96. The van der Waals surface area contributed by atoms with Crippen LogP contribution in [0, 0.1) is 25.5 Å². The summed E-state index contributed by atoms with van der Waals surface area (Å²) in [6.45, 7) is 5.16. The summed E-state index contributed by atoms with van der Waals surface area (Å²) in [4.78, 5) is 53.4. The van der Waals surface area contributed by atoms with E-state index in [4.69, 9.17) is 4.74 Å². The second kappa shape index (κ2) is 10.7. The van der Waals surface area contributed by atoms with Gasteiger partial charge in [0.05, 0.1) is 25.0 Å². The highest BCUT2D eigenvalue weighted by Gasteiger charge is 2.38. The lowest BCUT2D eigenvalue weighted by molar-refractivity contribution is -0.134. The lowest BCUT2D eigenvalue weighted by atomic mass is 9.89. The first-order valence-corrected chi connectivity index (χ1v) is 13.1. The number of carbonyl (C=O) groups excluding carboxylic acids is 4. The second-order valence-electron chi connectivity index (χ2n) is 10.6. The van der Waals surface area contributed by atoms with Gasteiger partial charge in [-0.3, -0.25) is 19.8 Å². The van der Waals surface area contributed by atoms with Crippen molar-refractivity contribution >= 4 is 35.3 Å². The Morgan fingerprint density at radius 3 is 2.35 bits per heavy atom. The lowest BCUT2D eigenvalue weighted by Gasteiger charge is -2.43. The molecule has 3 heterocycles. The van der Waals surface area contributed by atoms with Gasteiger partial charge in [-0.25, -0.2) is 18.4 Å². The second-order valence-corrected chi connectivity index (χ2v) is 10.6. The Bertz CT molecular complexity index is 1350. The molecule has 2 aromatic rings. The van der Waals surface area contributed by atoms with Gasteiger partial charge in [0.1, 0.15) is 17.7 Å². The minimum Gasteiger partial charge on any atom is -0.442 e. The number of nitrogens with zero attached hydrogens (tertiary/aromatic N) is 3. The molecule has 10 nitrogen and oxygen atoms in total. The van der Waals surface area contributed by atoms with E-state index in [9.17, 15) is 28.0 Å². The number of hydrogen-bond acceptors (Lipinski definition) is 6. The summed E-state index contributed by atoms with van der Waals surface area (Å²) < 4.78 is 35.0. The van der Waals surface area contributed by atoms with Crippen LogP contribution in [0.15, 0.2) is 30.3 Å². The molecule has 1 atom stereocenters. The van der Waals surface area contributed by atoms with Crippen molar-refractivity contribution < 1.29 is 32.7 Å². The van der Waals surface area contributed by atoms with Gasteiger partial charge in [0.25, 0.3) is 0 Å². The highest BCUT2D eigenvalue weighted by atomic mass is 19.1. The fourth-order valence-corrected chi connectivity index (χ4v) is 5.35. The molecule has 3 aliphatic rings. The number of amides is 5. The minimum absolute atomic E-state index is 0.0198. The van der Waals surface area contributed by atoms with Crippen LogP contribution in [0.4, 0.5) is 29.7 Å². The maximum Gasteiger partial charge on any atom is 0.407 e. The van der Waals surface area contributed by atoms with Crippen LogP contribution in [0.2, 0.25) is 0 Å². The molecule has 5 amide bonds. The standard InChI is InChI=1S/C28H31F2N5O5/c1-15-4-6-23(16(2)8-15)33(3)28(39)35-13-19(14-35)40-27(38)31-17-11-34(12-17)18-9-21(29)25(22(30)10-18)20-5-7-24(36)32-26(20)37/h4,6,8-10,17,19-20H,5,7,11-14H2,1-3H3,(H,31,38)(H,32,36,37). The molecule has 12 heteroatoms. The van der Waals surface area contributed by atoms with E-state index in [0.717, 1.165) is 28.9 Å². The van der Waals surface area contributed by atoms with Crippen LogP contribution >= 0.6 is 0 Å². The van der Waals surface area contributed by atoms with E-state index in [1.165, 1.54) is 0 Å². The Labute approximate surface area is 230 Å². The van der Waals surface area contributed by atoms with E-state index in [2.05, 4.69) is 10.6 Å². The number of aryl methyl sites for hydroxylation is 2. The number of piperidine rings is 1. The van der Waals surface area contributed by atoms with Gasteiger partial charge in [0.2, 0.25) is 11.8 Å². The van der Waals surface area contributed by atoms with E-state index in [-0.39, 0.29) is 43.6 Å². The van der Waals surface area contributed by atoms with Crippen LogP contribution in [0.3, 0.4) is 0 Å². The van der Waals surface area contributed by atoms with Crippen molar-refractivity contribution in [3.8, 4) is 0 Å². The number of anilines is 2. The molecule has 40 heavy (non-hydrogen) atoms. The number of urea groups is 1. The van der Waals surface area contributed by atoms with E-state index < -0.39 is 41.6 Å². The molecule has 3 fully saturated rings. The smallest absolute Gasteiger partial charge is 0.407 e. The largest absolute Gasteiger partial charge is 0.442 e. The average molecular weight is 556 g/mol. The molecule has 0 aromatic heterocycles. The van der Waals surface area contributed by atoms with Crippen molar-refractivity contribution in [3.05, 3.63) is 58.7 Å². The van der Waals surface area contributed by atoms with Gasteiger partial charge in [-0.05, 0) is 44.0 Å². The number of halogens is 2. The zero-order valence-electron chi connectivity index (χ0n) is 22.5. The fourth-order valence-electron chi connectivity index (χ4n) is 5.35. The van der Waals surface area contributed by atoms with Crippen LogP contribution in [0.1, 0.15) is 35.4 Å². The van der Waals surface area contributed by atoms with Crippen LogP contribution in [0.5, 0.6) is 0 Å². The highest BCUT2D eigenvalue weighted by Crippen LogP contribution is 2.33. The van der Waals surface area contributed by atoms with Crippen molar-refractivity contribution in [2.75, 3.05) is 43.0 Å². The lowest BCUT2D eigenvalue weighted by Crippen LogP contribution is -2.62. The monoisotopic (exact) mass is 555 g/mol. The van der Waals surface area contributed by atoms with Crippen molar-refractivity contribution in [2.24, 2.45) is 0 Å². The zero-order valence-corrected chi connectivity index (χ0v) is 22.5. The number of imide groups is 1. The Morgan fingerprint density at radius 1 is 1.05 bits per heavy atom. The predicted molar refractivity (Wildman–Crippen MR) is 142 cm³/mol. The van der Waals surface area contributed by atoms with Gasteiger partial charge < -0.3 is 19.9 Å². The number of likely N-dealkylation sites (tertiary alicyclic amines) is 1. The minimum atomic E-state index is -1.06. The van der Waals surface area contributed by atoms with Gasteiger partial charge in [-0.15, -0.1) is 0 Å². The highest BCUT2D eigenvalue weighted by molar-refractivity contribution is 6.01.